The predicted octanol–water partition coefficient (Wildman–Crippen LogP) is 3.14. The highest BCUT2D eigenvalue weighted by atomic mass is 35.5. The summed E-state index contributed by atoms with van der Waals surface area (Å²) in [5.41, 5.74) is 2.10. The van der Waals surface area contributed by atoms with E-state index in [0.717, 1.165) is 41.7 Å². The van der Waals surface area contributed by atoms with Crippen LogP contribution in [0.1, 0.15) is 32.2 Å². The maximum atomic E-state index is 6.35. The fourth-order valence-electron chi connectivity index (χ4n) is 2.04. The van der Waals surface area contributed by atoms with Crippen molar-refractivity contribution in [3.8, 4) is 0 Å². The molecule has 0 saturated carbocycles. The zero-order valence-corrected chi connectivity index (χ0v) is 13.4. The molecule has 1 aromatic heterocycles. The molecule has 0 aliphatic carbocycles. The highest BCUT2D eigenvalue weighted by molar-refractivity contribution is 7.99. The molecule has 1 N–H and O–H groups in total. The van der Waals surface area contributed by atoms with Crippen LogP contribution < -0.4 is 5.32 Å². The summed E-state index contributed by atoms with van der Waals surface area (Å²) in [6, 6.07) is 0.471. The van der Waals surface area contributed by atoms with Gasteiger partial charge in [0.15, 0.2) is 0 Å². The van der Waals surface area contributed by atoms with Gasteiger partial charge >= 0.3 is 0 Å². The zero-order chi connectivity index (χ0) is 13.5. The molecule has 0 aliphatic heterocycles. The summed E-state index contributed by atoms with van der Waals surface area (Å²) in [4.78, 5) is 0. The minimum Gasteiger partial charge on any atom is -0.313 e. The largest absolute Gasteiger partial charge is 0.313 e. The summed E-state index contributed by atoms with van der Waals surface area (Å²) >= 11 is 8.32. The zero-order valence-electron chi connectivity index (χ0n) is 11.8. The fraction of sp³-hybridized carbons (Fsp3) is 0.769. The molecule has 3 nitrogen and oxygen atoms in total. The second kappa shape index (κ2) is 8.08. The number of nitrogens with zero attached hydrogens (tertiary/aromatic N) is 2. The van der Waals surface area contributed by atoms with E-state index in [0.29, 0.717) is 6.04 Å². The van der Waals surface area contributed by atoms with Crippen molar-refractivity contribution in [3.63, 3.8) is 0 Å². The van der Waals surface area contributed by atoms with Crippen LogP contribution in [0.4, 0.5) is 0 Å². The van der Waals surface area contributed by atoms with Gasteiger partial charge in [0.1, 0.15) is 0 Å². The Bertz CT molecular complexity index is 365. The molecule has 1 unspecified atom stereocenters. The van der Waals surface area contributed by atoms with E-state index >= 15 is 0 Å². The van der Waals surface area contributed by atoms with Crippen LogP contribution in [0.15, 0.2) is 0 Å². The molecule has 0 saturated heterocycles. The lowest BCUT2D eigenvalue weighted by Gasteiger charge is -2.18. The van der Waals surface area contributed by atoms with Crippen LogP contribution in [-0.4, -0.2) is 33.9 Å². The first-order valence-corrected chi connectivity index (χ1v) is 8.20. The van der Waals surface area contributed by atoms with Crippen LogP contribution in [0.25, 0.3) is 0 Å². The van der Waals surface area contributed by atoms with Gasteiger partial charge in [-0.25, -0.2) is 0 Å². The van der Waals surface area contributed by atoms with E-state index in [-0.39, 0.29) is 0 Å². The Balaban J connectivity index is 2.78. The molecule has 1 atom stereocenters. The lowest BCUT2D eigenvalue weighted by atomic mass is 10.1. The van der Waals surface area contributed by atoms with Gasteiger partial charge in [-0.3, -0.25) is 4.68 Å². The molecule has 0 bridgehead atoms. The SMILES string of the molecule is CCNC(CSCC)Cc1c(Cl)c(C)nn1CC. The summed E-state index contributed by atoms with van der Waals surface area (Å²) in [5, 5.41) is 8.84. The molecule has 104 valence electrons. The van der Waals surface area contributed by atoms with Gasteiger partial charge < -0.3 is 5.32 Å². The first-order valence-electron chi connectivity index (χ1n) is 6.66. The van der Waals surface area contributed by atoms with Gasteiger partial charge in [0.05, 0.1) is 16.4 Å². The summed E-state index contributed by atoms with van der Waals surface area (Å²) < 4.78 is 2.03. The smallest absolute Gasteiger partial charge is 0.0847 e. The van der Waals surface area contributed by atoms with Crippen molar-refractivity contribution < 1.29 is 0 Å². The van der Waals surface area contributed by atoms with Crippen LogP contribution in [0.5, 0.6) is 0 Å². The molecule has 18 heavy (non-hydrogen) atoms. The summed E-state index contributed by atoms with van der Waals surface area (Å²) in [7, 11) is 0. The Kier molecular flexibility index (Phi) is 7.12. The van der Waals surface area contributed by atoms with E-state index in [9.17, 15) is 0 Å². The van der Waals surface area contributed by atoms with E-state index in [2.05, 4.69) is 31.2 Å². The average Bonchev–Trinajstić information content (AvgIpc) is 2.63. The number of likely N-dealkylation sites (N-methyl/N-ethyl adjacent to an activating group) is 1. The Hall–Kier alpha value is -0.190. The van der Waals surface area contributed by atoms with Crippen LogP contribution >= 0.6 is 23.4 Å². The highest BCUT2D eigenvalue weighted by Crippen LogP contribution is 2.22. The molecule has 1 rings (SSSR count). The molecule has 0 amide bonds. The maximum Gasteiger partial charge on any atom is 0.0847 e. The number of aryl methyl sites for hydroxylation is 2. The van der Waals surface area contributed by atoms with E-state index in [1.165, 1.54) is 5.69 Å². The Labute approximate surface area is 120 Å². The normalized spacial score (nSPS) is 12.9. The Morgan fingerprint density at radius 3 is 2.67 bits per heavy atom. The number of hydrogen-bond donors (Lipinski definition) is 1. The van der Waals surface area contributed by atoms with Gasteiger partial charge in [0.25, 0.3) is 0 Å². The maximum absolute atomic E-state index is 6.35. The predicted molar refractivity (Wildman–Crippen MR) is 81.8 cm³/mol. The van der Waals surface area contributed by atoms with Gasteiger partial charge in [0, 0.05) is 24.8 Å². The van der Waals surface area contributed by atoms with Crippen LogP contribution in [0.2, 0.25) is 5.02 Å². The van der Waals surface area contributed by atoms with E-state index in [1.54, 1.807) is 0 Å². The number of thioether (sulfide) groups is 1. The molecule has 1 aromatic rings. The summed E-state index contributed by atoms with van der Waals surface area (Å²) in [6.45, 7) is 10.3. The number of hydrogen-bond acceptors (Lipinski definition) is 3. The van der Waals surface area contributed by atoms with E-state index < -0.39 is 0 Å². The van der Waals surface area contributed by atoms with Crippen molar-refractivity contribution in [2.45, 2.75) is 46.7 Å². The van der Waals surface area contributed by atoms with Gasteiger partial charge in [-0.15, -0.1) is 0 Å². The second-order valence-electron chi connectivity index (χ2n) is 4.28. The minimum absolute atomic E-state index is 0.471. The van der Waals surface area contributed by atoms with Gasteiger partial charge in [0.2, 0.25) is 0 Å². The third-order valence-corrected chi connectivity index (χ3v) is 4.45. The molecule has 0 fully saturated rings. The first-order chi connectivity index (χ1) is 8.63. The molecule has 0 aliphatic rings. The Morgan fingerprint density at radius 1 is 1.39 bits per heavy atom. The summed E-state index contributed by atoms with van der Waals surface area (Å²) in [5.74, 6) is 2.27. The number of rotatable bonds is 8. The van der Waals surface area contributed by atoms with Crippen molar-refractivity contribution >= 4 is 23.4 Å². The van der Waals surface area contributed by atoms with Crippen molar-refractivity contribution in [3.05, 3.63) is 16.4 Å². The lowest BCUT2D eigenvalue weighted by Crippen LogP contribution is -2.34. The van der Waals surface area contributed by atoms with Crippen LogP contribution in [0.3, 0.4) is 0 Å². The average molecular weight is 290 g/mol. The van der Waals surface area contributed by atoms with E-state index in [4.69, 9.17) is 11.6 Å². The topological polar surface area (TPSA) is 29.9 Å². The van der Waals surface area contributed by atoms with Crippen molar-refractivity contribution in [1.29, 1.82) is 0 Å². The monoisotopic (exact) mass is 289 g/mol. The van der Waals surface area contributed by atoms with Crippen molar-refractivity contribution in [1.82, 2.24) is 15.1 Å². The number of aromatic nitrogens is 2. The minimum atomic E-state index is 0.471. The fourth-order valence-corrected chi connectivity index (χ4v) is 3.00. The third kappa shape index (κ3) is 4.18. The second-order valence-corrected chi connectivity index (χ2v) is 5.98. The van der Waals surface area contributed by atoms with Crippen LogP contribution in [0, 0.1) is 6.92 Å². The number of nitrogens with one attached hydrogen (secondary N) is 1. The molecule has 0 radical (unpaired) electrons. The molecular formula is C13H24ClN3S. The molecule has 5 heteroatoms. The van der Waals surface area contributed by atoms with E-state index in [1.807, 2.05) is 23.4 Å². The van der Waals surface area contributed by atoms with Gasteiger partial charge in [-0.05, 0) is 26.1 Å². The van der Waals surface area contributed by atoms with Crippen LogP contribution in [-0.2, 0) is 13.0 Å². The highest BCUT2D eigenvalue weighted by Gasteiger charge is 2.17. The number of halogens is 1. The van der Waals surface area contributed by atoms with Gasteiger partial charge in [-0.2, -0.15) is 16.9 Å². The molecule has 1 heterocycles. The van der Waals surface area contributed by atoms with Crippen molar-refractivity contribution in [2.75, 3.05) is 18.1 Å². The lowest BCUT2D eigenvalue weighted by molar-refractivity contribution is 0.533. The van der Waals surface area contributed by atoms with Gasteiger partial charge in [-0.1, -0.05) is 25.4 Å². The Morgan fingerprint density at radius 2 is 2.11 bits per heavy atom. The molecule has 0 spiro atoms. The molecular weight excluding hydrogens is 266 g/mol. The van der Waals surface area contributed by atoms with Crippen molar-refractivity contribution in [2.24, 2.45) is 0 Å². The standard InChI is InChI=1S/C13H24ClN3S/c1-5-15-11(9-18-7-3)8-12-13(14)10(4)16-17(12)6-2/h11,15H,5-9H2,1-4H3. The first kappa shape index (κ1) is 15.9. The molecule has 0 aromatic carbocycles. The third-order valence-electron chi connectivity index (χ3n) is 2.91. The quantitative estimate of drug-likeness (QED) is 0.797. The summed E-state index contributed by atoms with van der Waals surface area (Å²) in [6.07, 6.45) is 0.953.